The second kappa shape index (κ2) is 5.98. The second-order valence-electron chi connectivity index (χ2n) is 5.49. The number of aryl methyl sites for hydroxylation is 1. The van der Waals surface area contributed by atoms with E-state index in [0.717, 1.165) is 33.4 Å². The Labute approximate surface area is 131 Å². The minimum atomic E-state index is 0.0839. The molecular weight excluding hydrogens is 268 g/mol. The molecule has 0 amide bonds. The van der Waals surface area contributed by atoms with Gasteiger partial charge in [-0.3, -0.25) is 4.79 Å². The van der Waals surface area contributed by atoms with E-state index >= 15 is 0 Å². The van der Waals surface area contributed by atoms with E-state index in [9.17, 15) is 4.79 Å². The first-order valence-corrected chi connectivity index (χ1v) is 7.44. The fourth-order valence-electron chi connectivity index (χ4n) is 2.70. The van der Waals surface area contributed by atoms with Crippen molar-refractivity contribution in [2.45, 2.75) is 13.8 Å². The highest BCUT2D eigenvalue weighted by atomic mass is 16.1. The Morgan fingerprint density at radius 1 is 0.727 bits per heavy atom. The van der Waals surface area contributed by atoms with Crippen molar-refractivity contribution in [3.63, 3.8) is 0 Å². The van der Waals surface area contributed by atoms with Crippen LogP contribution in [0.1, 0.15) is 27.0 Å². The molecular formula is C21H18O. The lowest BCUT2D eigenvalue weighted by Gasteiger charge is -2.14. The number of carbonyl (C=O) groups is 1. The molecule has 108 valence electrons. The highest BCUT2D eigenvalue weighted by Crippen LogP contribution is 2.30. The number of rotatable bonds is 3. The Hall–Kier alpha value is -2.67. The fourth-order valence-corrected chi connectivity index (χ4v) is 2.70. The first-order chi connectivity index (χ1) is 10.7. The van der Waals surface area contributed by atoms with Crippen LogP contribution in [-0.2, 0) is 0 Å². The molecule has 1 heteroatoms. The third-order valence-electron chi connectivity index (χ3n) is 4.08. The molecule has 0 aliphatic heterocycles. The van der Waals surface area contributed by atoms with Crippen molar-refractivity contribution < 1.29 is 4.79 Å². The minimum Gasteiger partial charge on any atom is -0.289 e. The Bertz CT molecular complexity index is 802. The molecule has 0 fully saturated rings. The van der Waals surface area contributed by atoms with E-state index in [0.29, 0.717) is 0 Å². The van der Waals surface area contributed by atoms with Crippen LogP contribution in [0, 0.1) is 13.8 Å². The summed E-state index contributed by atoms with van der Waals surface area (Å²) in [7, 11) is 0. The summed E-state index contributed by atoms with van der Waals surface area (Å²) in [5.41, 5.74) is 5.79. The first kappa shape index (κ1) is 14.3. The summed E-state index contributed by atoms with van der Waals surface area (Å²) in [6.45, 7) is 4.07. The predicted molar refractivity (Wildman–Crippen MR) is 91.2 cm³/mol. The molecule has 0 bridgehead atoms. The topological polar surface area (TPSA) is 17.1 Å². The highest BCUT2D eigenvalue weighted by molar-refractivity contribution is 6.14. The molecule has 0 saturated carbocycles. The number of carbonyl (C=O) groups excluding carboxylic acids is 1. The van der Waals surface area contributed by atoms with Crippen LogP contribution < -0.4 is 0 Å². The van der Waals surface area contributed by atoms with Gasteiger partial charge < -0.3 is 0 Å². The van der Waals surface area contributed by atoms with Gasteiger partial charge in [0.15, 0.2) is 5.78 Å². The van der Waals surface area contributed by atoms with Crippen LogP contribution in [0.3, 0.4) is 0 Å². The van der Waals surface area contributed by atoms with Crippen LogP contribution >= 0.6 is 0 Å². The lowest BCUT2D eigenvalue weighted by molar-refractivity contribution is 0.103. The Kier molecular flexibility index (Phi) is 3.88. The standard InChI is InChI=1S/C21H18O/c1-15-13-14-19(17-9-5-3-6-10-17)20(16(15)2)21(22)18-11-7-4-8-12-18/h3-14H,1-2H3. The van der Waals surface area contributed by atoms with Crippen molar-refractivity contribution in [2.24, 2.45) is 0 Å². The van der Waals surface area contributed by atoms with Crippen LogP contribution in [0.2, 0.25) is 0 Å². The van der Waals surface area contributed by atoms with E-state index in [2.05, 4.69) is 6.07 Å². The van der Waals surface area contributed by atoms with Crippen molar-refractivity contribution in [1.82, 2.24) is 0 Å². The molecule has 0 unspecified atom stereocenters. The molecule has 0 atom stereocenters. The van der Waals surface area contributed by atoms with Gasteiger partial charge in [-0.25, -0.2) is 0 Å². The van der Waals surface area contributed by atoms with Crippen LogP contribution in [0.4, 0.5) is 0 Å². The number of benzene rings is 3. The number of hydrogen-bond donors (Lipinski definition) is 0. The van der Waals surface area contributed by atoms with E-state index in [1.807, 2.05) is 80.6 Å². The third-order valence-corrected chi connectivity index (χ3v) is 4.08. The van der Waals surface area contributed by atoms with Crippen molar-refractivity contribution >= 4 is 5.78 Å². The quantitative estimate of drug-likeness (QED) is 0.605. The average Bonchev–Trinajstić information content (AvgIpc) is 2.58. The van der Waals surface area contributed by atoms with Gasteiger partial charge in [-0.15, -0.1) is 0 Å². The smallest absolute Gasteiger partial charge is 0.193 e. The monoisotopic (exact) mass is 286 g/mol. The van der Waals surface area contributed by atoms with E-state index < -0.39 is 0 Å². The zero-order valence-electron chi connectivity index (χ0n) is 12.8. The molecule has 0 aromatic heterocycles. The van der Waals surface area contributed by atoms with Gasteiger partial charge in [0.25, 0.3) is 0 Å². The van der Waals surface area contributed by atoms with Gasteiger partial charge in [0, 0.05) is 11.1 Å². The van der Waals surface area contributed by atoms with Crippen LogP contribution in [0.25, 0.3) is 11.1 Å². The molecule has 3 rings (SSSR count). The van der Waals surface area contributed by atoms with Gasteiger partial charge in [-0.1, -0.05) is 72.8 Å². The summed E-state index contributed by atoms with van der Waals surface area (Å²) >= 11 is 0. The molecule has 0 aliphatic rings. The molecule has 0 N–H and O–H groups in total. The van der Waals surface area contributed by atoms with E-state index in [1.54, 1.807) is 0 Å². The fraction of sp³-hybridized carbons (Fsp3) is 0.0952. The third kappa shape index (κ3) is 2.58. The van der Waals surface area contributed by atoms with Crippen molar-refractivity contribution in [3.05, 3.63) is 95.1 Å². The maximum atomic E-state index is 13.0. The van der Waals surface area contributed by atoms with Crippen LogP contribution in [0.5, 0.6) is 0 Å². The Balaban J connectivity index is 2.22. The molecule has 0 spiro atoms. The van der Waals surface area contributed by atoms with E-state index in [4.69, 9.17) is 0 Å². The zero-order chi connectivity index (χ0) is 15.5. The molecule has 0 saturated heterocycles. The normalized spacial score (nSPS) is 10.5. The van der Waals surface area contributed by atoms with Gasteiger partial charge in [-0.05, 0) is 36.1 Å². The molecule has 0 radical (unpaired) electrons. The Morgan fingerprint density at radius 2 is 1.32 bits per heavy atom. The molecule has 22 heavy (non-hydrogen) atoms. The van der Waals surface area contributed by atoms with Gasteiger partial charge in [0.05, 0.1) is 0 Å². The van der Waals surface area contributed by atoms with Crippen molar-refractivity contribution in [1.29, 1.82) is 0 Å². The zero-order valence-corrected chi connectivity index (χ0v) is 12.8. The molecule has 3 aromatic rings. The summed E-state index contributed by atoms with van der Waals surface area (Å²) in [4.78, 5) is 13.0. The van der Waals surface area contributed by atoms with Crippen LogP contribution in [0.15, 0.2) is 72.8 Å². The molecule has 3 aromatic carbocycles. The molecule has 0 aliphatic carbocycles. The Morgan fingerprint density at radius 3 is 1.95 bits per heavy atom. The summed E-state index contributed by atoms with van der Waals surface area (Å²) in [6, 6.07) is 23.7. The first-order valence-electron chi connectivity index (χ1n) is 7.44. The maximum absolute atomic E-state index is 13.0. The largest absolute Gasteiger partial charge is 0.289 e. The van der Waals surface area contributed by atoms with Crippen LogP contribution in [-0.4, -0.2) is 5.78 Å². The minimum absolute atomic E-state index is 0.0839. The maximum Gasteiger partial charge on any atom is 0.193 e. The highest BCUT2D eigenvalue weighted by Gasteiger charge is 2.18. The lowest BCUT2D eigenvalue weighted by Crippen LogP contribution is -2.07. The van der Waals surface area contributed by atoms with Crippen molar-refractivity contribution in [2.75, 3.05) is 0 Å². The van der Waals surface area contributed by atoms with Gasteiger partial charge >= 0.3 is 0 Å². The second-order valence-corrected chi connectivity index (χ2v) is 5.49. The molecule has 0 heterocycles. The number of ketones is 1. The summed E-state index contributed by atoms with van der Waals surface area (Å²) in [6.07, 6.45) is 0. The van der Waals surface area contributed by atoms with E-state index in [-0.39, 0.29) is 5.78 Å². The van der Waals surface area contributed by atoms with E-state index in [1.165, 1.54) is 0 Å². The van der Waals surface area contributed by atoms with Crippen molar-refractivity contribution in [3.8, 4) is 11.1 Å². The lowest BCUT2D eigenvalue weighted by atomic mass is 9.88. The predicted octanol–water partition coefficient (Wildman–Crippen LogP) is 5.20. The summed E-state index contributed by atoms with van der Waals surface area (Å²) in [5, 5.41) is 0. The molecule has 1 nitrogen and oxygen atoms in total. The summed E-state index contributed by atoms with van der Waals surface area (Å²) in [5.74, 6) is 0.0839. The summed E-state index contributed by atoms with van der Waals surface area (Å²) < 4.78 is 0. The van der Waals surface area contributed by atoms with Gasteiger partial charge in [0.2, 0.25) is 0 Å². The number of hydrogen-bond acceptors (Lipinski definition) is 1. The average molecular weight is 286 g/mol. The van der Waals surface area contributed by atoms with Gasteiger partial charge in [-0.2, -0.15) is 0 Å². The van der Waals surface area contributed by atoms with Gasteiger partial charge in [0.1, 0.15) is 0 Å². The SMILES string of the molecule is Cc1ccc(-c2ccccc2)c(C(=O)c2ccccc2)c1C.